The predicted molar refractivity (Wildman–Crippen MR) is 70.7 cm³/mol. The van der Waals surface area contributed by atoms with Crippen molar-refractivity contribution in [2.75, 3.05) is 7.11 Å². The maximum Gasteiger partial charge on any atom is 0.250 e. The fourth-order valence-electron chi connectivity index (χ4n) is 2.01. The average Bonchev–Trinajstić information content (AvgIpc) is 2.67. The van der Waals surface area contributed by atoms with E-state index in [0.29, 0.717) is 5.56 Å². The first-order valence-corrected chi connectivity index (χ1v) is 5.65. The van der Waals surface area contributed by atoms with Gasteiger partial charge in [-0.25, -0.2) is 0 Å². The van der Waals surface area contributed by atoms with E-state index in [9.17, 15) is 4.79 Å². The number of amides is 1. The summed E-state index contributed by atoms with van der Waals surface area (Å²) in [5.41, 5.74) is 8.70. The van der Waals surface area contributed by atoms with Crippen LogP contribution in [0.2, 0.25) is 0 Å². The smallest absolute Gasteiger partial charge is 0.250 e. The molecule has 0 radical (unpaired) electrons. The van der Waals surface area contributed by atoms with Gasteiger partial charge in [0.25, 0.3) is 5.91 Å². The Hall–Kier alpha value is -2.23. The van der Waals surface area contributed by atoms with Gasteiger partial charge in [0.05, 0.1) is 12.7 Å². The van der Waals surface area contributed by atoms with Crippen LogP contribution in [0.5, 0.6) is 5.75 Å². The highest BCUT2D eigenvalue weighted by Crippen LogP contribution is 2.27. The minimum Gasteiger partial charge on any atom is -0.497 e. The molecule has 94 valence electrons. The van der Waals surface area contributed by atoms with Crippen molar-refractivity contribution in [1.29, 1.82) is 0 Å². The van der Waals surface area contributed by atoms with Crippen molar-refractivity contribution in [3.63, 3.8) is 0 Å². The van der Waals surface area contributed by atoms with Gasteiger partial charge in [-0.2, -0.15) is 0 Å². The van der Waals surface area contributed by atoms with Gasteiger partial charge in [0.1, 0.15) is 5.75 Å². The van der Waals surface area contributed by atoms with Crippen LogP contribution in [0.15, 0.2) is 30.3 Å². The van der Waals surface area contributed by atoms with Crippen LogP contribution >= 0.6 is 0 Å². The Labute approximate surface area is 106 Å². The molecule has 0 fully saturated rings. The maximum absolute atomic E-state index is 11.3. The van der Waals surface area contributed by atoms with Gasteiger partial charge < -0.3 is 15.0 Å². The molecule has 0 bridgehead atoms. The minimum absolute atomic E-state index is 0.405. The highest BCUT2D eigenvalue weighted by atomic mass is 16.5. The van der Waals surface area contributed by atoms with E-state index in [2.05, 4.69) is 0 Å². The number of carbonyl (C=O) groups is 1. The first kappa shape index (κ1) is 12.2. The molecule has 1 amide bonds. The van der Waals surface area contributed by atoms with Crippen LogP contribution in [-0.4, -0.2) is 17.6 Å². The fraction of sp³-hybridized carbons (Fsp3) is 0.214. The van der Waals surface area contributed by atoms with Crippen molar-refractivity contribution in [2.45, 2.75) is 6.92 Å². The monoisotopic (exact) mass is 244 g/mol. The second kappa shape index (κ2) is 4.56. The van der Waals surface area contributed by atoms with Crippen molar-refractivity contribution >= 4 is 5.91 Å². The molecule has 0 saturated carbocycles. The van der Waals surface area contributed by atoms with E-state index in [1.54, 1.807) is 7.11 Å². The van der Waals surface area contributed by atoms with Crippen LogP contribution in [0, 0.1) is 6.92 Å². The third kappa shape index (κ3) is 1.97. The van der Waals surface area contributed by atoms with Crippen LogP contribution in [0.3, 0.4) is 0 Å². The Morgan fingerprint density at radius 2 is 2.06 bits per heavy atom. The van der Waals surface area contributed by atoms with Gasteiger partial charge in [-0.1, -0.05) is 12.1 Å². The lowest BCUT2D eigenvalue weighted by Crippen LogP contribution is -2.11. The molecule has 0 atom stereocenters. The number of nitrogens with zero attached hydrogens (tertiary/aromatic N) is 1. The van der Waals surface area contributed by atoms with E-state index in [1.807, 2.05) is 48.9 Å². The summed E-state index contributed by atoms with van der Waals surface area (Å²) in [6.07, 6.45) is 0. The summed E-state index contributed by atoms with van der Waals surface area (Å²) in [7, 11) is 3.54. The molecule has 0 spiro atoms. The van der Waals surface area contributed by atoms with E-state index in [-0.39, 0.29) is 0 Å². The Kier molecular flexibility index (Phi) is 3.10. The molecule has 18 heavy (non-hydrogen) atoms. The number of carbonyl (C=O) groups excluding carboxylic acids is 1. The molecular weight excluding hydrogens is 228 g/mol. The Morgan fingerprint density at radius 3 is 2.61 bits per heavy atom. The highest BCUT2D eigenvalue weighted by Gasteiger charge is 2.14. The molecule has 0 aliphatic heterocycles. The normalized spacial score (nSPS) is 10.4. The summed E-state index contributed by atoms with van der Waals surface area (Å²) in [5.74, 6) is 0.379. The van der Waals surface area contributed by atoms with Crippen molar-refractivity contribution in [3.8, 4) is 17.0 Å². The van der Waals surface area contributed by atoms with Crippen molar-refractivity contribution in [1.82, 2.24) is 4.57 Å². The standard InChI is InChI=1S/C14H16N2O2/c1-9-12(14(15)17)8-13(16(9)2)10-5-4-6-11(7-10)18-3/h4-8H,1-3H3,(H2,15,17). The zero-order valence-corrected chi connectivity index (χ0v) is 10.7. The first-order valence-electron chi connectivity index (χ1n) is 5.65. The zero-order chi connectivity index (χ0) is 13.3. The van der Waals surface area contributed by atoms with E-state index in [1.165, 1.54) is 0 Å². The van der Waals surface area contributed by atoms with Crippen LogP contribution in [0.1, 0.15) is 16.1 Å². The van der Waals surface area contributed by atoms with Crippen molar-refractivity contribution in [3.05, 3.63) is 41.6 Å². The summed E-state index contributed by atoms with van der Waals surface area (Å²) < 4.78 is 7.15. The molecule has 2 aromatic rings. The number of primary amides is 1. The molecule has 4 heteroatoms. The van der Waals surface area contributed by atoms with Gasteiger partial charge in [-0.05, 0) is 25.1 Å². The molecule has 1 heterocycles. The zero-order valence-electron chi connectivity index (χ0n) is 10.7. The molecule has 1 aromatic carbocycles. The molecule has 0 unspecified atom stereocenters. The fourth-order valence-corrected chi connectivity index (χ4v) is 2.01. The quantitative estimate of drug-likeness (QED) is 0.899. The van der Waals surface area contributed by atoms with Gasteiger partial charge >= 0.3 is 0 Å². The number of hydrogen-bond donors (Lipinski definition) is 1. The summed E-state index contributed by atoms with van der Waals surface area (Å²) in [6, 6.07) is 9.52. The first-order chi connectivity index (χ1) is 8.54. The summed E-state index contributed by atoms with van der Waals surface area (Å²) in [4.78, 5) is 11.3. The van der Waals surface area contributed by atoms with Crippen molar-refractivity contribution < 1.29 is 9.53 Å². The molecule has 1 aromatic heterocycles. The second-order valence-electron chi connectivity index (χ2n) is 4.18. The Balaban J connectivity index is 2.57. The third-order valence-corrected chi connectivity index (χ3v) is 3.17. The van der Waals surface area contributed by atoms with Crippen LogP contribution in [0.4, 0.5) is 0 Å². The average molecular weight is 244 g/mol. The number of hydrogen-bond acceptors (Lipinski definition) is 2. The number of benzene rings is 1. The number of ether oxygens (including phenoxy) is 1. The highest BCUT2D eigenvalue weighted by molar-refractivity contribution is 5.95. The van der Waals surface area contributed by atoms with E-state index < -0.39 is 5.91 Å². The SMILES string of the molecule is COc1cccc(-c2cc(C(N)=O)c(C)n2C)c1. The third-order valence-electron chi connectivity index (χ3n) is 3.17. The predicted octanol–water partition coefficient (Wildman–Crippen LogP) is 2.11. The maximum atomic E-state index is 11.3. The van der Waals surface area contributed by atoms with E-state index in [4.69, 9.17) is 10.5 Å². The van der Waals surface area contributed by atoms with Gasteiger partial charge in [-0.15, -0.1) is 0 Å². The van der Waals surface area contributed by atoms with Crippen LogP contribution in [-0.2, 0) is 7.05 Å². The Morgan fingerprint density at radius 1 is 1.33 bits per heavy atom. The minimum atomic E-state index is -0.405. The number of nitrogens with two attached hydrogens (primary N) is 1. The molecule has 4 nitrogen and oxygen atoms in total. The summed E-state index contributed by atoms with van der Waals surface area (Å²) in [5, 5.41) is 0. The van der Waals surface area contributed by atoms with Gasteiger partial charge in [0, 0.05) is 24.0 Å². The van der Waals surface area contributed by atoms with E-state index in [0.717, 1.165) is 22.7 Å². The van der Waals surface area contributed by atoms with Gasteiger partial charge in [0.15, 0.2) is 0 Å². The number of methoxy groups -OCH3 is 1. The van der Waals surface area contributed by atoms with Crippen LogP contribution in [0.25, 0.3) is 11.3 Å². The van der Waals surface area contributed by atoms with Crippen LogP contribution < -0.4 is 10.5 Å². The van der Waals surface area contributed by atoms with Crippen molar-refractivity contribution in [2.24, 2.45) is 12.8 Å². The molecule has 0 saturated heterocycles. The molecular formula is C14H16N2O2. The Bertz CT molecular complexity index is 600. The van der Waals surface area contributed by atoms with Gasteiger partial charge in [0.2, 0.25) is 0 Å². The lowest BCUT2D eigenvalue weighted by atomic mass is 10.1. The second-order valence-corrected chi connectivity index (χ2v) is 4.18. The topological polar surface area (TPSA) is 57.2 Å². The summed E-state index contributed by atoms with van der Waals surface area (Å²) >= 11 is 0. The molecule has 2 rings (SSSR count). The lowest BCUT2D eigenvalue weighted by molar-refractivity contribution is 0.0999. The largest absolute Gasteiger partial charge is 0.497 e. The molecule has 0 aliphatic rings. The van der Waals surface area contributed by atoms with Gasteiger partial charge in [-0.3, -0.25) is 4.79 Å². The number of aromatic nitrogens is 1. The molecule has 2 N–H and O–H groups in total. The lowest BCUT2D eigenvalue weighted by Gasteiger charge is -2.07. The summed E-state index contributed by atoms with van der Waals surface area (Å²) in [6.45, 7) is 1.88. The van der Waals surface area contributed by atoms with E-state index >= 15 is 0 Å². The molecule has 0 aliphatic carbocycles. The number of rotatable bonds is 3.